The Bertz CT molecular complexity index is 1010. The van der Waals surface area contributed by atoms with Crippen LogP contribution in [0.4, 0.5) is 10.3 Å². The first-order valence-electron chi connectivity index (χ1n) is 9.83. The van der Waals surface area contributed by atoms with Crippen LogP contribution in [0.5, 0.6) is 0 Å². The van der Waals surface area contributed by atoms with Gasteiger partial charge in [0.05, 0.1) is 0 Å². The number of benzene rings is 1. The summed E-state index contributed by atoms with van der Waals surface area (Å²) in [4.78, 5) is 24.7. The minimum atomic E-state index is -4.07. The number of halogens is 1. The first-order chi connectivity index (χ1) is 14.9. The fourth-order valence-electron chi connectivity index (χ4n) is 3.15. The average Bonchev–Trinajstić information content (AvgIpc) is 2.79. The Hall–Kier alpha value is -2.89. The summed E-state index contributed by atoms with van der Waals surface area (Å²) in [5.74, 6) is -0.676. The molecule has 2 N–H and O–H groups in total. The average molecular weight is 449 g/mol. The maximum atomic E-state index is 14.0. The minimum absolute atomic E-state index is 0.0398. The van der Waals surface area contributed by atoms with Gasteiger partial charge in [0.2, 0.25) is 16.0 Å². The monoisotopic (exact) mass is 448 g/mol. The third-order valence-electron chi connectivity index (χ3n) is 4.82. The lowest BCUT2D eigenvalue weighted by molar-refractivity contribution is 0.0947. The van der Waals surface area contributed by atoms with Gasteiger partial charge in [0, 0.05) is 63.8 Å². The highest BCUT2D eigenvalue weighted by Crippen LogP contribution is 2.16. The number of nitrogens with zero attached hydrogens (tertiary/aromatic N) is 4. The number of nitrogens with one attached hydrogen (secondary N) is 2. The number of amides is 1. The molecule has 1 aliphatic rings. The van der Waals surface area contributed by atoms with E-state index in [0.717, 1.165) is 38.3 Å². The van der Waals surface area contributed by atoms with Gasteiger partial charge >= 0.3 is 0 Å². The van der Waals surface area contributed by atoms with Crippen molar-refractivity contribution >= 4 is 21.9 Å². The summed E-state index contributed by atoms with van der Waals surface area (Å²) in [6, 6.07) is 5.05. The molecule has 9 nitrogen and oxygen atoms in total. The topological polar surface area (TPSA) is 108 Å². The molecule has 0 radical (unpaired) electrons. The van der Waals surface area contributed by atoms with Gasteiger partial charge in [0.1, 0.15) is 10.7 Å². The molecule has 1 aromatic carbocycles. The molecule has 1 amide bonds. The van der Waals surface area contributed by atoms with Gasteiger partial charge in [-0.3, -0.25) is 9.69 Å². The largest absolute Gasteiger partial charge is 0.351 e. The van der Waals surface area contributed by atoms with Crippen LogP contribution in [0.25, 0.3) is 0 Å². The van der Waals surface area contributed by atoms with Crippen molar-refractivity contribution in [1.82, 2.24) is 24.9 Å². The summed E-state index contributed by atoms with van der Waals surface area (Å²) in [6.07, 6.45) is 4.77. The fraction of sp³-hybridized carbons (Fsp3) is 0.350. The predicted molar refractivity (Wildman–Crippen MR) is 115 cm³/mol. The summed E-state index contributed by atoms with van der Waals surface area (Å²) >= 11 is 0. The van der Waals surface area contributed by atoms with Gasteiger partial charge in [-0.1, -0.05) is 6.08 Å². The van der Waals surface area contributed by atoms with E-state index in [0.29, 0.717) is 19.0 Å². The van der Waals surface area contributed by atoms with E-state index in [2.05, 4.69) is 36.4 Å². The van der Waals surface area contributed by atoms with E-state index >= 15 is 0 Å². The van der Waals surface area contributed by atoms with Crippen LogP contribution in [0.15, 0.2) is 54.2 Å². The van der Waals surface area contributed by atoms with Crippen LogP contribution in [0.2, 0.25) is 0 Å². The lowest BCUT2D eigenvalue weighted by atomic mass is 10.2. The smallest absolute Gasteiger partial charge is 0.251 e. The lowest BCUT2D eigenvalue weighted by Crippen LogP contribution is -2.49. The Morgan fingerprint density at radius 1 is 1.19 bits per heavy atom. The van der Waals surface area contributed by atoms with Gasteiger partial charge in [0.25, 0.3) is 5.91 Å². The number of hydrogen-bond acceptors (Lipinski definition) is 7. The molecule has 1 saturated heterocycles. The Morgan fingerprint density at radius 3 is 2.58 bits per heavy atom. The summed E-state index contributed by atoms with van der Waals surface area (Å²) in [7, 11) is -4.07. The lowest BCUT2D eigenvalue weighted by Gasteiger charge is -2.34. The summed E-state index contributed by atoms with van der Waals surface area (Å²) in [6.45, 7) is 7.59. The maximum absolute atomic E-state index is 14.0. The normalized spacial score (nSPS) is 14.9. The molecular weight excluding hydrogens is 423 g/mol. The van der Waals surface area contributed by atoms with Gasteiger partial charge in [0.15, 0.2) is 0 Å². The minimum Gasteiger partial charge on any atom is -0.351 e. The van der Waals surface area contributed by atoms with Crippen molar-refractivity contribution in [3.8, 4) is 0 Å². The predicted octanol–water partition coefficient (Wildman–Crippen LogP) is 0.632. The zero-order valence-electron chi connectivity index (χ0n) is 17.0. The second-order valence-electron chi connectivity index (χ2n) is 6.92. The zero-order valence-corrected chi connectivity index (χ0v) is 17.8. The third-order valence-corrected chi connectivity index (χ3v) is 6.26. The molecule has 0 spiro atoms. The number of carbonyl (C=O) groups is 1. The molecule has 1 fully saturated rings. The van der Waals surface area contributed by atoms with Crippen LogP contribution >= 0.6 is 0 Å². The summed E-state index contributed by atoms with van der Waals surface area (Å²) in [5, 5.41) is 2.76. The molecule has 166 valence electrons. The second-order valence-corrected chi connectivity index (χ2v) is 8.65. The molecule has 0 saturated carbocycles. The fourth-order valence-corrected chi connectivity index (χ4v) is 4.25. The standard InChI is InChI=1S/C20H25FN6O3S/c1-2-6-25-31(29,30)18-15-16(4-5-17(18)21)19(28)22-9-10-26-11-13-27(14-12-26)20-23-7-3-8-24-20/h2-5,7-8,15,25H,1,6,9-14H2,(H,22,28). The molecule has 0 atom stereocenters. The summed E-state index contributed by atoms with van der Waals surface area (Å²) in [5.41, 5.74) is 0.0754. The van der Waals surface area contributed by atoms with E-state index in [-0.39, 0.29) is 12.1 Å². The van der Waals surface area contributed by atoms with Crippen molar-refractivity contribution in [2.24, 2.45) is 0 Å². The van der Waals surface area contributed by atoms with Crippen molar-refractivity contribution in [1.29, 1.82) is 0 Å². The third kappa shape index (κ3) is 6.06. The molecule has 11 heteroatoms. The van der Waals surface area contributed by atoms with Crippen LogP contribution in [0, 0.1) is 5.82 Å². The number of piperazine rings is 1. The number of hydrogen-bond donors (Lipinski definition) is 2. The van der Waals surface area contributed by atoms with Gasteiger partial charge in [-0.05, 0) is 24.3 Å². The summed E-state index contributed by atoms with van der Waals surface area (Å²) < 4.78 is 40.6. The van der Waals surface area contributed by atoms with Crippen LogP contribution in [0.3, 0.4) is 0 Å². The van der Waals surface area contributed by atoms with Gasteiger partial charge in [-0.15, -0.1) is 6.58 Å². The zero-order chi connectivity index (χ0) is 22.3. The number of anilines is 1. The van der Waals surface area contributed by atoms with E-state index < -0.39 is 26.6 Å². The maximum Gasteiger partial charge on any atom is 0.251 e. The van der Waals surface area contributed by atoms with E-state index in [1.807, 2.05) is 0 Å². The Morgan fingerprint density at radius 2 is 1.90 bits per heavy atom. The van der Waals surface area contributed by atoms with E-state index in [4.69, 9.17) is 0 Å². The van der Waals surface area contributed by atoms with Crippen LogP contribution in [-0.2, 0) is 10.0 Å². The number of aromatic nitrogens is 2. The highest BCUT2D eigenvalue weighted by atomic mass is 32.2. The Kier molecular flexibility index (Phi) is 7.66. The highest BCUT2D eigenvalue weighted by molar-refractivity contribution is 7.89. The molecule has 1 aliphatic heterocycles. The molecule has 1 aromatic heterocycles. The molecule has 2 aromatic rings. The SMILES string of the molecule is C=CCNS(=O)(=O)c1cc(C(=O)NCCN2CCN(c3ncccn3)CC2)ccc1F. The first-order valence-corrected chi connectivity index (χ1v) is 11.3. The van der Waals surface area contributed by atoms with Crippen LogP contribution in [0.1, 0.15) is 10.4 Å². The molecule has 3 rings (SSSR count). The molecule has 0 aliphatic carbocycles. The highest BCUT2D eigenvalue weighted by Gasteiger charge is 2.21. The van der Waals surface area contributed by atoms with Crippen molar-refractivity contribution < 1.29 is 17.6 Å². The van der Waals surface area contributed by atoms with Crippen molar-refractivity contribution in [3.05, 3.63) is 60.7 Å². The molecular formula is C20H25FN6O3S. The quantitative estimate of drug-likeness (QED) is 0.542. The van der Waals surface area contributed by atoms with Crippen molar-refractivity contribution in [2.75, 3.05) is 50.7 Å². The number of sulfonamides is 1. The van der Waals surface area contributed by atoms with Gasteiger partial charge in [-0.2, -0.15) is 0 Å². The van der Waals surface area contributed by atoms with Crippen molar-refractivity contribution in [3.63, 3.8) is 0 Å². The van der Waals surface area contributed by atoms with Crippen molar-refractivity contribution in [2.45, 2.75) is 4.90 Å². The van der Waals surface area contributed by atoms with Crippen LogP contribution in [-0.4, -0.2) is 75.0 Å². The Balaban J connectivity index is 1.50. The number of rotatable bonds is 9. The van der Waals surface area contributed by atoms with Gasteiger partial charge < -0.3 is 10.2 Å². The molecule has 0 unspecified atom stereocenters. The molecule has 0 bridgehead atoms. The van der Waals surface area contributed by atoms with Gasteiger partial charge in [-0.25, -0.2) is 27.5 Å². The second kappa shape index (κ2) is 10.4. The number of carbonyl (C=O) groups excluding carboxylic acids is 1. The van der Waals surface area contributed by atoms with Crippen LogP contribution < -0.4 is 14.9 Å². The van der Waals surface area contributed by atoms with E-state index in [1.54, 1.807) is 18.5 Å². The Labute approximate surface area is 181 Å². The van der Waals surface area contributed by atoms with E-state index in [1.165, 1.54) is 12.1 Å². The molecule has 31 heavy (non-hydrogen) atoms. The molecule has 2 heterocycles. The first kappa shape index (κ1) is 22.8. The van der Waals surface area contributed by atoms with E-state index in [9.17, 15) is 17.6 Å².